The van der Waals surface area contributed by atoms with Crippen LogP contribution in [0.5, 0.6) is 5.75 Å². The highest BCUT2D eigenvalue weighted by Crippen LogP contribution is 2.27. The van der Waals surface area contributed by atoms with Crippen LogP contribution in [0.4, 0.5) is 5.69 Å². The molecule has 0 amide bonds. The van der Waals surface area contributed by atoms with E-state index in [1.165, 1.54) is 61.2 Å². The zero-order valence-corrected chi connectivity index (χ0v) is 26.4. The lowest BCUT2D eigenvalue weighted by Gasteiger charge is -2.34. The minimum atomic E-state index is -3.81. The highest BCUT2D eigenvalue weighted by Gasteiger charge is 2.24. The average molecular weight is 584 g/mol. The SMILES string of the molecule is BC(C)(P)Cn1c(C#CCNc2ccc(S(N)(=O)=O)cc2OC)cc2c1=CCCC=2NC1CCC(N(C)C)CC1. The van der Waals surface area contributed by atoms with Crippen LogP contribution >= 0.6 is 9.24 Å². The maximum absolute atomic E-state index is 11.7. The Morgan fingerprint density at radius 2 is 1.98 bits per heavy atom. The van der Waals surface area contributed by atoms with E-state index in [0.717, 1.165) is 25.1 Å². The molecule has 4 N–H and O–H groups in total. The van der Waals surface area contributed by atoms with Crippen molar-refractivity contribution in [3.05, 3.63) is 40.5 Å². The molecular formula is C29H43BN5O3PS. The van der Waals surface area contributed by atoms with Crippen molar-refractivity contribution < 1.29 is 13.2 Å². The fourth-order valence-electron chi connectivity index (χ4n) is 5.60. The summed E-state index contributed by atoms with van der Waals surface area (Å²) in [6.07, 6.45) is 9.26. The van der Waals surface area contributed by atoms with Crippen LogP contribution in [0.1, 0.15) is 51.1 Å². The van der Waals surface area contributed by atoms with Gasteiger partial charge in [0.05, 0.1) is 29.9 Å². The number of rotatable bonds is 9. The molecule has 1 aromatic carbocycles. The number of hydrogen-bond acceptors (Lipinski definition) is 6. The van der Waals surface area contributed by atoms with Crippen molar-refractivity contribution in [2.75, 3.05) is 33.1 Å². The van der Waals surface area contributed by atoms with Crippen LogP contribution in [-0.4, -0.2) is 70.6 Å². The van der Waals surface area contributed by atoms with Crippen LogP contribution in [0.25, 0.3) is 11.8 Å². The number of benzene rings is 1. The lowest BCUT2D eigenvalue weighted by molar-refractivity contribution is 0.210. The van der Waals surface area contributed by atoms with Crippen LogP contribution in [0, 0.1) is 11.8 Å². The van der Waals surface area contributed by atoms with Gasteiger partial charge in [0.1, 0.15) is 13.6 Å². The van der Waals surface area contributed by atoms with E-state index in [4.69, 9.17) is 9.88 Å². The molecule has 8 nitrogen and oxygen atoms in total. The van der Waals surface area contributed by atoms with Gasteiger partial charge in [-0.2, -0.15) is 0 Å². The average Bonchev–Trinajstić information content (AvgIpc) is 3.23. The van der Waals surface area contributed by atoms with Crippen LogP contribution in [0.15, 0.2) is 29.2 Å². The van der Waals surface area contributed by atoms with Crippen molar-refractivity contribution >= 4 is 44.6 Å². The maximum atomic E-state index is 11.7. The first-order chi connectivity index (χ1) is 18.9. The molecule has 1 heterocycles. The third kappa shape index (κ3) is 7.64. The highest BCUT2D eigenvalue weighted by molar-refractivity contribution is 7.89. The van der Waals surface area contributed by atoms with Crippen LogP contribution in [0.2, 0.25) is 0 Å². The van der Waals surface area contributed by atoms with Gasteiger partial charge in [-0.3, -0.25) is 0 Å². The van der Waals surface area contributed by atoms with Gasteiger partial charge in [0.2, 0.25) is 10.0 Å². The molecule has 0 saturated heterocycles. The predicted octanol–water partition coefficient (Wildman–Crippen LogP) is 0.977. The Morgan fingerprint density at radius 1 is 1.25 bits per heavy atom. The number of fused-ring (bicyclic) bond motifs is 1. The van der Waals surface area contributed by atoms with Gasteiger partial charge < -0.3 is 24.8 Å². The standard InChI is InChI=1S/C29H43BN5O3PS/c1-29(30,39)19-35-22(7-6-16-32-26-15-14-23(40(31,36)37)18-28(26)38-4)17-24-25(8-5-9-27(24)35)33-20-10-12-21(13-11-20)34(2)3/h9,14-15,17-18,20-21,32-33H,5,8,10-13,16,19,30,39H2,1-4H3,(H2,31,36,37). The molecule has 216 valence electrons. The second kappa shape index (κ2) is 12.6. The molecule has 0 radical (unpaired) electrons. The molecule has 1 fully saturated rings. The van der Waals surface area contributed by atoms with Crippen molar-refractivity contribution in [2.45, 2.75) is 74.0 Å². The number of sulfonamides is 1. The first kappa shape index (κ1) is 30.5. The van der Waals surface area contributed by atoms with E-state index in [1.54, 1.807) is 6.07 Å². The molecule has 2 unspecified atom stereocenters. The summed E-state index contributed by atoms with van der Waals surface area (Å²) in [5.74, 6) is 7.05. The Balaban J connectivity index is 1.58. The number of nitrogens with two attached hydrogens (primary N) is 1. The maximum Gasteiger partial charge on any atom is 0.238 e. The smallest absolute Gasteiger partial charge is 0.238 e. The van der Waals surface area contributed by atoms with E-state index in [0.29, 0.717) is 30.1 Å². The number of ether oxygens (including phenoxy) is 1. The molecule has 2 aliphatic carbocycles. The van der Waals surface area contributed by atoms with Gasteiger partial charge in [-0.1, -0.05) is 18.9 Å². The molecule has 4 rings (SSSR count). The van der Waals surface area contributed by atoms with Gasteiger partial charge in [-0.15, -0.1) is 9.24 Å². The van der Waals surface area contributed by atoms with E-state index in [9.17, 15) is 8.42 Å². The van der Waals surface area contributed by atoms with E-state index < -0.39 is 10.0 Å². The summed E-state index contributed by atoms with van der Waals surface area (Å²) >= 11 is 0. The minimum absolute atomic E-state index is 0.00657. The highest BCUT2D eigenvalue weighted by atomic mass is 32.2. The first-order valence-electron chi connectivity index (χ1n) is 13.9. The third-order valence-corrected chi connectivity index (χ3v) is 8.75. The molecule has 2 aliphatic rings. The molecule has 40 heavy (non-hydrogen) atoms. The number of hydrogen-bond donors (Lipinski definition) is 3. The summed E-state index contributed by atoms with van der Waals surface area (Å²) in [4.78, 5) is 2.36. The Labute approximate surface area is 242 Å². The summed E-state index contributed by atoms with van der Waals surface area (Å²) in [5.41, 5.74) is 2.99. The number of nitrogens with zero attached hydrogens (tertiary/aromatic N) is 2. The summed E-state index contributed by atoms with van der Waals surface area (Å²) in [6, 6.07) is 7.97. The molecule has 2 atom stereocenters. The lowest BCUT2D eigenvalue weighted by Crippen LogP contribution is -2.43. The normalized spacial score (nSPS) is 20.5. The van der Waals surface area contributed by atoms with Gasteiger partial charge in [-0.05, 0) is 81.8 Å². The van der Waals surface area contributed by atoms with Gasteiger partial charge in [0.15, 0.2) is 0 Å². The summed E-state index contributed by atoms with van der Waals surface area (Å²) in [7, 11) is 7.23. The van der Waals surface area contributed by atoms with Crippen molar-refractivity contribution in [1.29, 1.82) is 0 Å². The lowest BCUT2D eigenvalue weighted by atomic mass is 9.88. The van der Waals surface area contributed by atoms with E-state index in [-0.39, 0.29) is 9.95 Å². The fourth-order valence-corrected chi connectivity index (χ4v) is 6.31. The third-order valence-electron chi connectivity index (χ3n) is 7.65. The van der Waals surface area contributed by atoms with E-state index in [2.05, 4.69) is 82.2 Å². The molecule has 1 aromatic heterocycles. The Bertz CT molecular complexity index is 1510. The monoisotopic (exact) mass is 583 g/mol. The molecule has 1 saturated carbocycles. The molecule has 0 aliphatic heterocycles. The fraction of sp³-hybridized carbons (Fsp3) is 0.517. The van der Waals surface area contributed by atoms with Gasteiger partial charge in [0.25, 0.3) is 0 Å². The van der Waals surface area contributed by atoms with Crippen LogP contribution < -0.4 is 31.1 Å². The second-order valence-corrected chi connectivity index (χ2v) is 14.9. The largest absolute Gasteiger partial charge is 0.495 e. The van der Waals surface area contributed by atoms with Crippen LogP contribution in [-0.2, 0) is 16.6 Å². The molecule has 11 heteroatoms. The molecule has 0 bridgehead atoms. The summed E-state index contributed by atoms with van der Waals surface area (Å²) in [6.45, 7) is 3.43. The van der Waals surface area contributed by atoms with E-state index >= 15 is 0 Å². The number of anilines is 1. The molecule has 2 aromatic rings. The topological polar surface area (TPSA) is 102 Å². The number of methoxy groups -OCH3 is 1. The van der Waals surface area contributed by atoms with Crippen molar-refractivity contribution in [1.82, 2.24) is 14.8 Å². The van der Waals surface area contributed by atoms with Gasteiger partial charge >= 0.3 is 0 Å². The minimum Gasteiger partial charge on any atom is -0.495 e. The van der Waals surface area contributed by atoms with Gasteiger partial charge in [0, 0.05) is 41.0 Å². The molecule has 0 spiro atoms. The summed E-state index contributed by atoms with van der Waals surface area (Å²) < 4.78 is 31.1. The Morgan fingerprint density at radius 3 is 2.60 bits per heavy atom. The predicted molar refractivity (Wildman–Crippen MR) is 170 cm³/mol. The number of primary sulfonamides is 1. The Kier molecular flexibility index (Phi) is 9.62. The van der Waals surface area contributed by atoms with Crippen LogP contribution in [0.3, 0.4) is 0 Å². The first-order valence-corrected chi connectivity index (χ1v) is 16.1. The van der Waals surface area contributed by atoms with Crippen molar-refractivity contribution in [3.8, 4) is 17.6 Å². The summed E-state index contributed by atoms with van der Waals surface area (Å²) in [5, 5.41) is 15.0. The van der Waals surface area contributed by atoms with Gasteiger partial charge in [-0.25, -0.2) is 13.6 Å². The zero-order chi connectivity index (χ0) is 29.1. The quantitative estimate of drug-likeness (QED) is 0.231. The van der Waals surface area contributed by atoms with Crippen molar-refractivity contribution in [2.24, 2.45) is 5.14 Å². The van der Waals surface area contributed by atoms with Crippen molar-refractivity contribution in [3.63, 3.8) is 0 Å². The zero-order valence-electron chi connectivity index (χ0n) is 24.4. The second-order valence-electron chi connectivity index (χ2n) is 11.8. The molecular weight excluding hydrogens is 540 g/mol. The number of nitrogens with one attached hydrogen (secondary N) is 2. The Hall–Kier alpha value is -2.44. The number of aromatic nitrogens is 1. The van der Waals surface area contributed by atoms with E-state index in [1.807, 2.05) is 0 Å².